The molecule has 112 valence electrons. The molecule has 1 unspecified atom stereocenters. The van der Waals surface area contributed by atoms with Crippen LogP contribution >= 0.6 is 23.4 Å². The minimum absolute atomic E-state index is 0.290. The highest BCUT2D eigenvalue weighted by Gasteiger charge is 2.12. The van der Waals surface area contributed by atoms with E-state index < -0.39 is 15.9 Å². The van der Waals surface area contributed by atoms with Gasteiger partial charge in [-0.05, 0) is 35.9 Å². The second-order valence-corrected chi connectivity index (χ2v) is 8.11. The lowest BCUT2D eigenvalue weighted by Gasteiger charge is -2.12. The van der Waals surface area contributed by atoms with Gasteiger partial charge in [0.1, 0.15) is 0 Å². The lowest BCUT2D eigenvalue weighted by atomic mass is 10.1. The van der Waals surface area contributed by atoms with E-state index in [9.17, 15) is 13.5 Å². The number of hydrogen-bond acceptors (Lipinski definition) is 4. The first-order chi connectivity index (χ1) is 9.88. The van der Waals surface area contributed by atoms with E-state index in [-0.39, 0.29) is 0 Å². The van der Waals surface area contributed by atoms with Gasteiger partial charge in [0, 0.05) is 21.9 Å². The van der Waals surface area contributed by atoms with E-state index in [0.717, 1.165) is 4.90 Å². The minimum atomic E-state index is -3.18. The van der Waals surface area contributed by atoms with Gasteiger partial charge < -0.3 is 5.11 Å². The number of aliphatic hydroxyl groups is 1. The van der Waals surface area contributed by atoms with E-state index in [4.69, 9.17) is 11.6 Å². The fourth-order valence-electron chi connectivity index (χ4n) is 1.79. The summed E-state index contributed by atoms with van der Waals surface area (Å²) in [5.74, 6) is 0.446. The average Bonchev–Trinajstić information content (AvgIpc) is 2.45. The third-order valence-electron chi connectivity index (χ3n) is 2.92. The Balaban J connectivity index is 2.02. The summed E-state index contributed by atoms with van der Waals surface area (Å²) in [5.41, 5.74) is 0.694. The van der Waals surface area contributed by atoms with E-state index >= 15 is 0 Å². The summed E-state index contributed by atoms with van der Waals surface area (Å²) in [6.07, 6.45) is 0.509. The van der Waals surface area contributed by atoms with E-state index in [1.54, 1.807) is 36.4 Å². The van der Waals surface area contributed by atoms with E-state index in [1.165, 1.54) is 18.0 Å². The second-order valence-electron chi connectivity index (χ2n) is 4.59. The molecule has 1 N–H and O–H groups in total. The van der Waals surface area contributed by atoms with Crippen molar-refractivity contribution in [1.82, 2.24) is 0 Å². The molecule has 0 heterocycles. The molecule has 0 amide bonds. The maximum absolute atomic E-state index is 11.4. The predicted molar refractivity (Wildman–Crippen MR) is 86.7 cm³/mol. The van der Waals surface area contributed by atoms with Crippen molar-refractivity contribution in [1.29, 1.82) is 0 Å². The Bertz CT molecular complexity index is 712. The number of sulfone groups is 1. The van der Waals surface area contributed by atoms with Crippen LogP contribution in [0.1, 0.15) is 11.7 Å². The Morgan fingerprint density at radius 3 is 2.33 bits per heavy atom. The number of hydrogen-bond donors (Lipinski definition) is 1. The molecule has 0 saturated carbocycles. The summed E-state index contributed by atoms with van der Waals surface area (Å²) in [5, 5.41) is 10.7. The van der Waals surface area contributed by atoms with E-state index in [0.29, 0.717) is 21.2 Å². The quantitative estimate of drug-likeness (QED) is 0.844. The van der Waals surface area contributed by atoms with Crippen molar-refractivity contribution in [2.75, 3.05) is 12.0 Å². The first-order valence-corrected chi connectivity index (χ1v) is 9.49. The SMILES string of the molecule is CS(=O)(=O)c1ccc(SCC(O)c2ccccc2Cl)cc1. The molecule has 3 nitrogen and oxygen atoms in total. The minimum Gasteiger partial charge on any atom is -0.387 e. The number of thioether (sulfide) groups is 1. The number of rotatable bonds is 5. The van der Waals surface area contributed by atoms with Crippen LogP contribution < -0.4 is 0 Å². The number of halogens is 1. The maximum atomic E-state index is 11.4. The zero-order chi connectivity index (χ0) is 15.5. The maximum Gasteiger partial charge on any atom is 0.175 e. The molecule has 0 aliphatic carbocycles. The molecule has 0 aliphatic rings. The van der Waals surface area contributed by atoms with Gasteiger partial charge in [-0.2, -0.15) is 0 Å². The van der Waals surface area contributed by atoms with Crippen molar-refractivity contribution in [3.05, 3.63) is 59.1 Å². The fraction of sp³-hybridized carbons (Fsp3) is 0.200. The van der Waals surface area contributed by atoms with Crippen LogP contribution in [0.15, 0.2) is 58.3 Å². The van der Waals surface area contributed by atoms with Crippen LogP contribution in [0.2, 0.25) is 5.02 Å². The summed E-state index contributed by atoms with van der Waals surface area (Å²) in [6.45, 7) is 0. The lowest BCUT2D eigenvalue weighted by Crippen LogP contribution is -2.01. The molecule has 0 bridgehead atoms. The van der Waals surface area contributed by atoms with Crippen LogP contribution in [0.5, 0.6) is 0 Å². The monoisotopic (exact) mass is 342 g/mol. The predicted octanol–water partition coefficient (Wildman–Crippen LogP) is 3.57. The molecular weight excluding hydrogens is 328 g/mol. The molecule has 0 aromatic heterocycles. The Morgan fingerprint density at radius 1 is 1.14 bits per heavy atom. The number of benzene rings is 2. The van der Waals surface area contributed by atoms with Crippen LogP contribution in [-0.4, -0.2) is 25.5 Å². The van der Waals surface area contributed by atoms with Gasteiger partial charge in [0.2, 0.25) is 0 Å². The third kappa shape index (κ3) is 4.48. The van der Waals surface area contributed by atoms with Crippen molar-refractivity contribution in [3.63, 3.8) is 0 Å². The van der Waals surface area contributed by atoms with Gasteiger partial charge >= 0.3 is 0 Å². The van der Waals surface area contributed by atoms with Gasteiger partial charge in [0.25, 0.3) is 0 Å². The summed E-state index contributed by atoms with van der Waals surface area (Å²) >= 11 is 7.48. The van der Waals surface area contributed by atoms with Gasteiger partial charge in [0.15, 0.2) is 9.84 Å². The second kappa shape index (κ2) is 6.83. The van der Waals surface area contributed by atoms with Gasteiger partial charge in [-0.25, -0.2) is 8.42 Å². The average molecular weight is 343 g/mol. The Kier molecular flexibility index (Phi) is 5.32. The number of aliphatic hydroxyl groups excluding tert-OH is 1. The standard InChI is InChI=1S/C15H15ClO3S2/c1-21(18,19)12-8-6-11(7-9-12)20-10-15(17)13-4-2-3-5-14(13)16/h2-9,15,17H,10H2,1H3. The van der Waals surface area contributed by atoms with E-state index in [2.05, 4.69) is 0 Å². The normalized spacial score (nSPS) is 13.1. The van der Waals surface area contributed by atoms with Crippen LogP contribution in [0, 0.1) is 0 Å². The van der Waals surface area contributed by atoms with Crippen LogP contribution in [-0.2, 0) is 9.84 Å². The van der Waals surface area contributed by atoms with Gasteiger partial charge in [-0.15, -0.1) is 11.8 Å². The first kappa shape index (κ1) is 16.4. The molecule has 2 aromatic rings. The Morgan fingerprint density at radius 2 is 1.76 bits per heavy atom. The van der Waals surface area contributed by atoms with Crippen molar-refractivity contribution >= 4 is 33.2 Å². The molecule has 0 aliphatic heterocycles. The van der Waals surface area contributed by atoms with Crippen LogP contribution in [0.4, 0.5) is 0 Å². The molecule has 6 heteroatoms. The topological polar surface area (TPSA) is 54.4 Å². The van der Waals surface area contributed by atoms with Crippen molar-refractivity contribution in [2.45, 2.75) is 15.9 Å². The van der Waals surface area contributed by atoms with E-state index in [1.807, 2.05) is 12.1 Å². The first-order valence-electron chi connectivity index (χ1n) is 6.23. The molecule has 0 spiro atoms. The highest BCUT2D eigenvalue weighted by molar-refractivity contribution is 7.99. The molecule has 0 saturated heterocycles. The van der Waals surface area contributed by atoms with Crippen molar-refractivity contribution in [3.8, 4) is 0 Å². The highest BCUT2D eigenvalue weighted by Crippen LogP contribution is 2.29. The molecule has 2 aromatic carbocycles. The molecule has 2 rings (SSSR count). The zero-order valence-electron chi connectivity index (χ0n) is 11.4. The molecule has 21 heavy (non-hydrogen) atoms. The largest absolute Gasteiger partial charge is 0.387 e. The molecular formula is C15H15ClO3S2. The molecule has 1 atom stereocenters. The van der Waals surface area contributed by atoms with Crippen LogP contribution in [0.3, 0.4) is 0 Å². The Hall–Kier alpha value is -1.01. The van der Waals surface area contributed by atoms with Crippen LogP contribution in [0.25, 0.3) is 0 Å². The molecule has 0 fully saturated rings. The smallest absolute Gasteiger partial charge is 0.175 e. The van der Waals surface area contributed by atoms with Gasteiger partial charge in [-0.3, -0.25) is 0 Å². The van der Waals surface area contributed by atoms with Crippen molar-refractivity contribution < 1.29 is 13.5 Å². The summed E-state index contributed by atoms with van der Waals surface area (Å²) in [7, 11) is -3.18. The Labute approximate surface area is 133 Å². The summed E-state index contributed by atoms with van der Waals surface area (Å²) in [4.78, 5) is 1.19. The molecule has 0 radical (unpaired) electrons. The van der Waals surface area contributed by atoms with Gasteiger partial charge in [-0.1, -0.05) is 29.8 Å². The third-order valence-corrected chi connectivity index (χ3v) is 5.48. The summed E-state index contributed by atoms with van der Waals surface area (Å²) < 4.78 is 22.7. The van der Waals surface area contributed by atoms with Gasteiger partial charge in [0.05, 0.1) is 11.0 Å². The zero-order valence-corrected chi connectivity index (χ0v) is 13.8. The highest BCUT2D eigenvalue weighted by atomic mass is 35.5. The lowest BCUT2D eigenvalue weighted by molar-refractivity contribution is 0.204. The van der Waals surface area contributed by atoms with Crippen molar-refractivity contribution in [2.24, 2.45) is 0 Å². The summed E-state index contributed by atoms with van der Waals surface area (Å²) in [6, 6.07) is 13.8. The fourth-order valence-corrected chi connectivity index (χ4v) is 3.54.